The molecule has 128 valence electrons. The summed E-state index contributed by atoms with van der Waals surface area (Å²) in [6, 6.07) is 9.20. The molecule has 0 amide bonds. The predicted molar refractivity (Wildman–Crippen MR) is 91.5 cm³/mol. The zero-order valence-electron chi connectivity index (χ0n) is 14.0. The number of phenols is 2. The molecule has 5 nitrogen and oxygen atoms in total. The summed E-state index contributed by atoms with van der Waals surface area (Å²) in [5.74, 6) is 0.767. The number of aromatic hydroxyl groups is 2. The first-order valence-electron chi connectivity index (χ1n) is 8.05. The largest absolute Gasteiger partial charge is 0.508 e. The summed E-state index contributed by atoms with van der Waals surface area (Å²) in [4.78, 5) is 2.26. The molecule has 2 aromatic rings. The van der Waals surface area contributed by atoms with E-state index in [0.717, 1.165) is 24.1 Å². The first kappa shape index (κ1) is 16.6. The molecule has 0 saturated carbocycles. The number of hydrogen-bond donors (Lipinski definition) is 3. The van der Waals surface area contributed by atoms with Crippen molar-refractivity contribution in [2.75, 3.05) is 20.7 Å². The Balaban J connectivity index is 1.94. The van der Waals surface area contributed by atoms with Gasteiger partial charge in [-0.15, -0.1) is 0 Å². The average Bonchev–Trinajstić information content (AvgIpc) is 2.57. The molecule has 0 fully saturated rings. The van der Waals surface area contributed by atoms with E-state index in [1.54, 1.807) is 25.3 Å². The van der Waals surface area contributed by atoms with Gasteiger partial charge in [-0.1, -0.05) is 12.1 Å². The van der Waals surface area contributed by atoms with Crippen molar-refractivity contribution in [1.29, 1.82) is 0 Å². The highest BCUT2D eigenvalue weighted by Crippen LogP contribution is 2.38. The number of aliphatic hydroxyl groups is 1. The Morgan fingerprint density at radius 2 is 1.96 bits per heavy atom. The lowest BCUT2D eigenvalue weighted by molar-refractivity contribution is 0.228. The van der Waals surface area contributed by atoms with Crippen LogP contribution in [0.3, 0.4) is 0 Å². The van der Waals surface area contributed by atoms with Gasteiger partial charge in [-0.05, 0) is 54.8 Å². The lowest BCUT2D eigenvalue weighted by Crippen LogP contribution is -2.33. The minimum Gasteiger partial charge on any atom is -0.508 e. The number of methoxy groups -OCH3 is 1. The molecule has 3 N–H and O–H groups in total. The molecule has 2 aromatic carbocycles. The monoisotopic (exact) mass is 329 g/mol. The number of hydrogen-bond acceptors (Lipinski definition) is 5. The van der Waals surface area contributed by atoms with Crippen LogP contribution in [0.25, 0.3) is 0 Å². The predicted octanol–water partition coefficient (Wildman–Crippen LogP) is 2.37. The number of phenolic OH excluding ortho intramolecular Hbond substituents is 1. The van der Waals surface area contributed by atoms with Crippen molar-refractivity contribution in [2.45, 2.75) is 25.5 Å². The fraction of sp³-hybridized carbons (Fsp3) is 0.368. The molecule has 1 aliphatic heterocycles. The molecule has 0 aliphatic carbocycles. The molecule has 24 heavy (non-hydrogen) atoms. The maximum atomic E-state index is 10.1. The van der Waals surface area contributed by atoms with Crippen molar-refractivity contribution in [2.24, 2.45) is 0 Å². The van der Waals surface area contributed by atoms with Gasteiger partial charge < -0.3 is 20.1 Å². The Kier molecular flexibility index (Phi) is 4.64. The van der Waals surface area contributed by atoms with Gasteiger partial charge in [0.2, 0.25) is 0 Å². The third kappa shape index (κ3) is 3.05. The molecular formula is C19H23NO4. The molecule has 1 aliphatic rings. The third-order valence-corrected chi connectivity index (χ3v) is 4.81. The van der Waals surface area contributed by atoms with Crippen LogP contribution in [0.2, 0.25) is 0 Å². The second kappa shape index (κ2) is 6.71. The van der Waals surface area contributed by atoms with Crippen LogP contribution in [-0.2, 0) is 19.4 Å². The second-order valence-electron chi connectivity index (χ2n) is 6.29. The van der Waals surface area contributed by atoms with Crippen LogP contribution in [-0.4, -0.2) is 40.9 Å². The Morgan fingerprint density at radius 3 is 2.62 bits per heavy atom. The first-order valence-corrected chi connectivity index (χ1v) is 8.05. The smallest absolute Gasteiger partial charge is 0.160 e. The molecule has 0 bridgehead atoms. The molecule has 0 spiro atoms. The van der Waals surface area contributed by atoms with Crippen LogP contribution < -0.4 is 4.74 Å². The minimum absolute atomic E-state index is 0.116. The highest BCUT2D eigenvalue weighted by Gasteiger charge is 2.26. The molecule has 5 heteroatoms. The van der Waals surface area contributed by atoms with E-state index in [1.807, 2.05) is 12.1 Å². The van der Waals surface area contributed by atoms with Crippen molar-refractivity contribution in [3.8, 4) is 17.2 Å². The van der Waals surface area contributed by atoms with Gasteiger partial charge >= 0.3 is 0 Å². The zero-order chi connectivity index (χ0) is 17.3. The number of nitrogens with zero attached hydrogens (tertiary/aromatic N) is 1. The molecular weight excluding hydrogens is 306 g/mol. The lowest BCUT2D eigenvalue weighted by Gasteiger charge is -2.35. The first-order chi connectivity index (χ1) is 11.5. The second-order valence-corrected chi connectivity index (χ2v) is 6.29. The summed E-state index contributed by atoms with van der Waals surface area (Å²) < 4.78 is 5.21. The topological polar surface area (TPSA) is 73.2 Å². The molecule has 1 heterocycles. The minimum atomic E-state index is -0.175. The van der Waals surface area contributed by atoms with E-state index in [4.69, 9.17) is 4.74 Å². The fourth-order valence-corrected chi connectivity index (χ4v) is 3.37. The molecule has 0 saturated heterocycles. The maximum absolute atomic E-state index is 10.1. The van der Waals surface area contributed by atoms with Gasteiger partial charge in [0, 0.05) is 18.2 Å². The van der Waals surface area contributed by atoms with Gasteiger partial charge in [-0.3, -0.25) is 4.90 Å². The number of likely N-dealkylation sites (N-methyl/N-ethyl adjacent to an activating group) is 1. The molecule has 3 rings (SSSR count). The SMILES string of the molecule is COc1cc2c(cc1O)[C@H](Cc1ccc(CO)c(O)c1)N(C)CC2. The summed E-state index contributed by atoms with van der Waals surface area (Å²) >= 11 is 0. The normalized spacial score (nSPS) is 17.5. The van der Waals surface area contributed by atoms with E-state index in [0.29, 0.717) is 17.7 Å². The Bertz CT molecular complexity index is 744. The molecule has 0 unspecified atom stereocenters. The Hall–Kier alpha value is -2.24. The summed E-state index contributed by atoms with van der Waals surface area (Å²) in [7, 11) is 3.62. The number of ether oxygens (including phenoxy) is 1. The van der Waals surface area contributed by atoms with Gasteiger partial charge in [-0.2, -0.15) is 0 Å². The van der Waals surface area contributed by atoms with Crippen LogP contribution in [0.5, 0.6) is 17.2 Å². The van der Waals surface area contributed by atoms with Gasteiger partial charge in [0.25, 0.3) is 0 Å². The van der Waals surface area contributed by atoms with Crippen LogP contribution in [0.15, 0.2) is 30.3 Å². The lowest BCUT2D eigenvalue weighted by atomic mass is 9.88. The quantitative estimate of drug-likeness (QED) is 0.803. The van der Waals surface area contributed by atoms with Crippen LogP contribution in [0.1, 0.15) is 28.3 Å². The Morgan fingerprint density at radius 1 is 1.17 bits per heavy atom. The zero-order valence-corrected chi connectivity index (χ0v) is 14.0. The van der Waals surface area contributed by atoms with Gasteiger partial charge in [0.15, 0.2) is 11.5 Å². The summed E-state index contributed by atoms with van der Waals surface area (Å²) in [6.07, 6.45) is 1.63. The van der Waals surface area contributed by atoms with E-state index in [2.05, 4.69) is 11.9 Å². The summed E-state index contributed by atoms with van der Waals surface area (Å²) in [6.45, 7) is 0.748. The third-order valence-electron chi connectivity index (χ3n) is 4.81. The number of benzene rings is 2. The number of rotatable bonds is 4. The van der Waals surface area contributed by atoms with Gasteiger partial charge in [0.1, 0.15) is 5.75 Å². The Labute approximate surface area is 141 Å². The van der Waals surface area contributed by atoms with Crippen LogP contribution in [0, 0.1) is 0 Å². The van der Waals surface area contributed by atoms with E-state index in [9.17, 15) is 15.3 Å². The van der Waals surface area contributed by atoms with Gasteiger partial charge in [-0.25, -0.2) is 0 Å². The summed E-state index contributed by atoms with van der Waals surface area (Å²) in [5.41, 5.74) is 3.79. The fourth-order valence-electron chi connectivity index (χ4n) is 3.37. The highest BCUT2D eigenvalue weighted by molar-refractivity contribution is 5.49. The van der Waals surface area contributed by atoms with Crippen LogP contribution in [0.4, 0.5) is 0 Å². The van der Waals surface area contributed by atoms with Crippen molar-refractivity contribution >= 4 is 0 Å². The molecule has 0 aromatic heterocycles. The van der Waals surface area contributed by atoms with E-state index >= 15 is 0 Å². The van der Waals surface area contributed by atoms with Gasteiger partial charge in [0.05, 0.1) is 13.7 Å². The van der Waals surface area contributed by atoms with E-state index < -0.39 is 0 Å². The van der Waals surface area contributed by atoms with E-state index in [-0.39, 0.29) is 24.1 Å². The van der Waals surface area contributed by atoms with Crippen molar-refractivity contribution in [1.82, 2.24) is 4.90 Å². The number of aliphatic hydroxyl groups excluding tert-OH is 1. The van der Waals surface area contributed by atoms with Crippen molar-refractivity contribution in [3.05, 3.63) is 52.6 Å². The highest BCUT2D eigenvalue weighted by atomic mass is 16.5. The maximum Gasteiger partial charge on any atom is 0.160 e. The average molecular weight is 329 g/mol. The standard InChI is InChI=1S/C19H23NO4/c1-20-6-5-13-9-19(24-2)18(23)10-15(13)16(20)7-12-3-4-14(11-21)17(22)8-12/h3-4,8-10,16,21-23H,5-7,11H2,1-2H3/t16-/m0/s1. The van der Waals surface area contributed by atoms with Crippen LogP contribution >= 0.6 is 0 Å². The summed E-state index contributed by atoms with van der Waals surface area (Å²) in [5, 5.41) is 29.3. The van der Waals surface area contributed by atoms with E-state index in [1.165, 1.54) is 5.56 Å². The number of fused-ring (bicyclic) bond motifs is 1. The molecule has 1 atom stereocenters. The van der Waals surface area contributed by atoms with Crippen molar-refractivity contribution in [3.63, 3.8) is 0 Å². The van der Waals surface area contributed by atoms with Crippen molar-refractivity contribution < 1.29 is 20.1 Å². The molecule has 0 radical (unpaired) electrons.